The molecule has 19 heteroatoms. The third-order valence-electron chi connectivity index (χ3n) is 17.4. The van der Waals surface area contributed by atoms with Crippen molar-refractivity contribution in [1.82, 2.24) is 20.1 Å². The Bertz CT molecular complexity index is 2930. The van der Waals surface area contributed by atoms with Crippen molar-refractivity contribution in [2.24, 2.45) is 11.3 Å². The summed E-state index contributed by atoms with van der Waals surface area (Å²) in [5.41, 5.74) is -3.51. The number of methoxy groups -OCH3 is 3. The molecular formula is C54H61F4N5O10. The van der Waals surface area contributed by atoms with Gasteiger partial charge in [-0.3, -0.25) is 19.3 Å². The third-order valence-corrected chi connectivity index (χ3v) is 17.4. The minimum Gasteiger partial charge on any atom is -0.496 e. The van der Waals surface area contributed by atoms with Crippen LogP contribution in [0.25, 0.3) is 10.9 Å². The average Bonchev–Trinajstić information content (AvgIpc) is 4.02. The lowest BCUT2D eigenvalue weighted by Crippen LogP contribution is -2.81. The number of hydrogen-bond acceptors (Lipinski definition) is 13. The van der Waals surface area contributed by atoms with Gasteiger partial charge in [0.25, 0.3) is 5.91 Å². The van der Waals surface area contributed by atoms with Crippen molar-refractivity contribution in [3.05, 3.63) is 101 Å². The fraction of sp³-hybridized carbons (Fsp3) is 0.519. The predicted molar refractivity (Wildman–Crippen MR) is 259 cm³/mol. The number of aromatic nitrogens is 1. The molecule has 10 rings (SSSR count). The summed E-state index contributed by atoms with van der Waals surface area (Å²) in [5, 5.41) is 17.3. The smallest absolute Gasteiger partial charge is 0.496 e. The number of halogens is 4. The lowest BCUT2D eigenvalue weighted by atomic mass is 9.47. The summed E-state index contributed by atoms with van der Waals surface area (Å²) in [6, 6.07) is 11.5. The second-order valence-corrected chi connectivity index (χ2v) is 20.9. The number of hydrogen-bond donors (Lipinski definition) is 3. The molecule has 15 nitrogen and oxygen atoms in total. The lowest BCUT2D eigenvalue weighted by Gasteiger charge is -2.63. The van der Waals surface area contributed by atoms with Gasteiger partial charge in [0.1, 0.15) is 22.7 Å². The number of piperidine rings is 1. The number of alkyl halides is 3. The number of likely N-dealkylation sites (N-methyl/N-ethyl adjacent to an activating group) is 1. The molecule has 3 aromatic carbocycles. The van der Waals surface area contributed by atoms with Crippen molar-refractivity contribution in [2.75, 3.05) is 66.0 Å². The van der Waals surface area contributed by atoms with Crippen LogP contribution in [-0.4, -0.2) is 140 Å². The van der Waals surface area contributed by atoms with Gasteiger partial charge >= 0.3 is 24.3 Å². The molecule has 73 heavy (non-hydrogen) atoms. The minimum absolute atomic E-state index is 0.0960. The topological polar surface area (TPSA) is 172 Å². The summed E-state index contributed by atoms with van der Waals surface area (Å²) >= 11 is 0. The maximum Gasteiger partial charge on any atom is 0.573 e. The van der Waals surface area contributed by atoms with Crippen LogP contribution in [0.5, 0.6) is 11.5 Å². The lowest BCUT2D eigenvalue weighted by molar-refractivity contribution is -0.274. The fourth-order valence-electron chi connectivity index (χ4n) is 14.9. The van der Waals surface area contributed by atoms with Gasteiger partial charge in [-0.2, -0.15) is 0 Å². The zero-order chi connectivity index (χ0) is 52.2. The highest BCUT2D eigenvalue weighted by molar-refractivity contribution is 5.96. The van der Waals surface area contributed by atoms with E-state index in [4.69, 9.17) is 18.9 Å². The molecule has 390 valence electrons. The number of carbonyl (C=O) groups excluding carboxylic acids is 4. The Balaban J connectivity index is 1.18. The Labute approximate surface area is 420 Å². The van der Waals surface area contributed by atoms with Crippen LogP contribution < -0.4 is 19.7 Å². The second kappa shape index (κ2) is 17.8. The number of amides is 1. The Kier molecular flexibility index (Phi) is 12.2. The highest BCUT2D eigenvalue weighted by atomic mass is 19.4. The summed E-state index contributed by atoms with van der Waals surface area (Å²) in [6.07, 6.45) is -0.215. The van der Waals surface area contributed by atoms with Crippen molar-refractivity contribution in [1.29, 1.82) is 0 Å². The molecule has 2 bridgehead atoms. The maximum absolute atomic E-state index is 15.7. The van der Waals surface area contributed by atoms with Gasteiger partial charge in [0, 0.05) is 96.5 Å². The molecule has 5 aliphatic heterocycles. The molecule has 1 saturated carbocycles. The second-order valence-electron chi connectivity index (χ2n) is 20.9. The quantitative estimate of drug-likeness (QED) is 0.0685. The fourth-order valence-corrected chi connectivity index (χ4v) is 14.9. The van der Waals surface area contributed by atoms with Crippen molar-refractivity contribution >= 4 is 40.4 Å². The van der Waals surface area contributed by atoms with Gasteiger partial charge < -0.3 is 48.9 Å². The molecule has 6 heterocycles. The van der Waals surface area contributed by atoms with Crippen molar-refractivity contribution in [3.8, 4) is 11.5 Å². The van der Waals surface area contributed by atoms with Gasteiger partial charge in [-0.1, -0.05) is 26.0 Å². The Morgan fingerprint density at radius 1 is 0.918 bits per heavy atom. The number of benzene rings is 3. The number of H-pyrrole nitrogens is 1. The van der Waals surface area contributed by atoms with Gasteiger partial charge in [0.05, 0.1) is 32.9 Å². The number of anilines is 1. The molecule has 1 spiro atoms. The summed E-state index contributed by atoms with van der Waals surface area (Å²) < 4.78 is 82.6. The van der Waals surface area contributed by atoms with E-state index in [1.54, 1.807) is 13.1 Å². The molecule has 10 atom stereocenters. The van der Waals surface area contributed by atoms with E-state index in [2.05, 4.69) is 24.8 Å². The number of nitrogens with zero attached hydrogens (tertiary/aromatic N) is 3. The van der Waals surface area contributed by atoms with Crippen LogP contribution in [0, 0.1) is 17.2 Å². The molecule has 1 unspecified atom stereocenters. The van der Waals surface area contributed by atoms with E-state index >= 15 is 9.18 Å². The maximum atomic E-state index is 15.7. The number of rotatable bonds is 10. The predicted octanol–water partition coefficient (Wildman–Crippen LogP) is 6.47. The monoisotopic (exact) mass is 1020 g/mol. The number of aliphatic hydroxyl groups is 1. The zero-order valence-corrected chi connectivity index (χ0v) is 41.9. The highest BCUT2D eigenvalue weighted by Gasteiger charge is 2.80. The van der Waals surface area contributed by atoms with Gasteiger partial charge in [-0.15, -0.1) is 13.2 Å². The van der Waals surface area contributed by atoms with Crippen LogP contribution in [0.4, 0.5) is 23.2 Å². The van der Waals surface area contributed by atoms with Crippen molar-refractivity contribution < 1.29 is 65.5 Å². The first kappa shape index (κ1) is 50.4. The van der Waals surface area contributed by atoms with E-state index in [1.807, 2.05) is 43.0 Å². The number of ether oxygens (including phenoxy) is 5. The molecule has 1 amide bonds. The van der Waals surface area contributed by atoms with E-state index in [1.165, 1.54) is 52.5 Å². The first-order valence-corrected chi connectivity index (χ1v) is 24.8. The van der Waals surface area contributed by atoms with Gasteiger partial charge in [0.15, 0.2) is 6.10 Å². The number of nitrogens with one attached hydrogen (secondary N) is 2. The van der Waals surface area contributed by atoms with E-state index in [0.717, 1.165) is 17.7 Å². The van der Waals surface area contributed by atoms with Gasteiger partial charge in [-0.05, 0) is 111 Å². The van der Waals surface area contributed by atoms with Crippen LogP contribution in [-0.2, 0) is 45.8 Å². The van der Waals surface area contributed by atoms with Crippen LogP contribution >= 0.6 is 0 Å². The molecule has 3 fully saturated rings. The van der Waals surface area contributed by atoms with Crippen LogP contribution in [0.3, 0.4) is 0 Å². The number of esters is 3. The molecule has 0 radical (unpaired) electrons. The van der Waals surface area contributed by atoms with Crippen LogP contribution in [0.2, 0.25) is 0 Å². The first-order chi connectivity index (χ1) is 34.7. The van der Waals surface area contributed by atoms with Crippen LogP contribution in [0.1, 0.15) is 85.6 Å². The summed E-state index contributed by atoms with van der Waals surface area (Å²) in [4.78, 5) is 67.5. The first-order valence-electron chi connectivity index (χ1n) is 24.8. The van der Waals surface area contributed by atoms with Crippen molar-refractivity contribution in [2.45, 2.75) is 106 Å². The van der Waals surface area contributed by atoms with E-state index in [9.17, 15) is 32.7 Å². The molecular weight excluding hydrogens is 955 g/mol. The molecule has 3 N–H and O–H groups in total. The van der Waals surface area contributed by atoms with Crippen LogP contribution in [0.15, 0.2) is 66.7 Å². The molecule has 4 aromatic rings. The summed E-state index contributed by atoms with van der Waals surface area (Å²) in [7, 11) is 5.81. The molecule has 1 aromatic heterocycles. The van der Waals surface area contributed by atoms with E-state index in [0.29, 0.717) is 104 Å². The van der Waals surface area contributed by atoms with Crippen molar-refractivity contribution in [3.63, 3.8) is 0 Å². The Morgan fingerprint density at radius 3 is 2.32 bits per heavy atom. The number of carbonyl (C=O) groups is 4. The standard InChI is InChI=1S/C54H61F4N5O10/c1-8-49(60-43(65)32-11-14-34(15-12-32)73-54(56,57)58)26-31-27-52(47(66)70-6,42-35(17-21-62(28-31)29-49)36-23-33(55)13-16-39(36)59-42)38-24-37-40(25-41(38)69-5)61(4)45-51(37)19-22-63-20-10-18-50(9-2,44(51)63)46(72-30(3)64)53(45,68)48(67)71-7/h10-16,18,23-25,31,44-46,59,68H,8-9,17,19-22,26-29H2,1-7H3,(H,60,65)/t31-,44+,45-,46-,49+,50-,51-,52+,53+/m1/s1. The average molecular weight is 1020 g/mol. The largest absolute Gasteiger partial charge is 0.573 e. The van der Waals surface area contributed by atoms with E-state index in [-0.39, 0.29) is 17.9 Å². The zero-order valence-electron chi connectivity index (χ0n) is 41.9. The highest BCUT2D eigenvalue weighted by Crippen LogP contribution is 2.68. The summed E-state index contributed by atoms with van der Waals surface area (Å²) in [6.45, 7) is 7.61. The van der Waals surface area contributed by atoms with Gasteiger partial charge in [-0.25, -0.2) is 9.18 Å². The molecule has 1 aliphatic carbocycles. The molecule has 2 saturated heterocycles. The number of aromatic amines is 1. The Morgan fingerprint density at radius 2 is 1.66 bits per heavy atom. The minimum atomic E-state index is -4.91. The van der Waals surface area contributed by atoms with E-state index < -0.39 is 87.3 Å². The third kappa shape index (κ3) is 7.44. The Hall–Kier alpha value is -6.18. The van der Waals surface area contributed by atoms with Gasteiger partial charge in [0.2, 0.25) is 5.60 Å². The molecule has 6 aliphatic rings. The number of fused-ring (bicyclic) bond motifs is 6. The normalized spacial score (nSPS) is 32.2. The SMILES string of the molecule is CC[C@]1(NC(=O)c2ccc(OC(F)(F)F)cc2)C[C@H]2CN(CCc3c([nH]c4ccc(F)cc34)[C@@](C(=O)OC)(c3cc4c(cc3OC)N(C)[C@H]3[C@@](O)(C(=O)OC)[C@H](OC(C)=O)[C@]5(CC)C=CCN6CC[C@]43[C@@H]65)C2)C1. The summed E-state index contributed by atoms with van der Waals surface area (Å²) in [5.74, 6) is -3.76.